The predicted octanol–water partition coefficient (Wildman–Crippen LogP) is 6.65. The van der Waals surface area contributed by atoms with Gasteiger partial charge in [-0.2, -0.15) is 0 Å². The number of benzene rings is 4. The lowest BCUT2D eigenvalue weighted by Crippen LogP contribution is -2.05. The van der Waals surface area contributed by atoms with Gasteiger partial charge >= 0.3 is 0 Å². The lowest BCUT2D eigenvalue weighted by Gasteiger charge is -2.15. The maximum Gasteiger partial charge on any atom is 0.124 e. The van der Waals surface area contributed by atoms with Gasteiger partial charge in [-0.05, 0) is 53.4 Å². The summed E-state index contributed by atoms with van der Waals surface area (Å²) in [7, 11) is 0. The number of hydrogen-bond acceptors (Lipinski definition) is 2. The number of aryl methyl sites for hydroxylation is 1. The van der Waals surface area contributed by atoms with Gasteiger partial charge in [-0.15, -0.1) is 0 Å². The molecule has 0 aliphatic carbocycles. The molecule has 0 saturated carbocycles. The molecule has 0 aliphatic rings. The Kier molecular flexibility index (Phi) is 5.29. The molecule has 28 heavy (non-hydrogen) atoms. The molecule has 0 heterocycles. The highest BCUT2D eigenvalue weighted by Crippen LogP contribution is 2.25. The lowest BCUT2D eigenvalue weighted by molar-refractivity contribution is 0.304. The number of para-hydroxylation sites is 1. The van der Waals surface area contributed by atoms with Gasteiger partial charge in [0.15, 0.2) is 0 Å². The van der Waals surface area contributed by atoms with Crippen LogP contribution in [0.15, 0.2) is 84.9 Å². The fourth-order valence-corrected chi connectivity index (χ4v) is 3.50. The van der Waals surface area contributed by atoms with Crippen molar-refractivity contribution >= 4 is 16.5 Å². The molecular formula is C26H25NO. The van der Waals surface area contributed by atoms with Crippen molar-refractivity contribution in [2.75, 3.05) is 5.32 Å². The van der Waals surface area contributed by atoms with E-state index in [0.29, 0.717) is 6.61 Å². The number of nitrogens with one attached hydrogen (secondary N) is 1. The third-order valence-corrected chi connectivity index (χ3v) is 5.31. The van der Waals surface area contributed by atoms with E-state index in [9.17, 15) is 0 Å². The monoisotopic (exact) mass is 367 g/mol. The number of ether oxygens (including phenoxy) is 1. The summed E-state index contributed by atoms with van der Waals surface area (Å²) in [6.45, 7) is 5.58. The first-order valence-electron chi connectivity index (χ1n) is 9.70. The van der Waals surface area contributed by atoms with Gasteiger partial charge < -0.3 is 10.1 Å². The molecule has 140 valence electrons. The summed E-state index contributed by atoms with van der Waals surface area (Å²) in [5, 5.41) is 6.05. The molecule has 0 bridgehead atoms. The molecule has 0 saturated heterocycles. The first-order chi connectivity index (χ1) is 13.7. The van der Waals surface area contributed by atoms with E-state index in [-0.39, 0.29) is 0 Å². The molecule has 4 aromatic carbocycles. The van der Waals surface area contributed by atoms with Gasteiger partial charge in [0.1, 0.15) is 12.4 Å². The van der Waals surface area contributed by atoms with Gasteiger partial charge in [0, 0.05) is 17.8 Å². The standard InChI is InChI=1S/C26H25NO/c1-19-9-7-15-25(20(19)2)27-17-22-11-4-6-16-26(22)28-18-23-13-8-12-21-10-3-5-14-24(21)23/h3-16,27H,17-18H2,1-2H3. The Balaban J connectivity index is 1.51. The minimum absolute atomic E-state index is 0.557. The largest absolute Gasteiger partial charge is 0.489 e. The average molecular weight is 367 g/mol. The van der Waals surface area contributed by atoms with Crippen molar-refractivity contribution in [2.24, 2.45) is 0 Å². The zero-order valence-corrected chi connectivity index (χ0v) is 16.4. The Labute approximate surface area is 166 Å². The summed E-state index contributed by atoms with van der Waals surface area (Å²) in [5.41, 5.74) is 6.12. The Morgan fingerprint density at radius 2 is 1.43 bits per heavy atom. The van der Waals surface area contributed by atoms with Crippen molar-refractivity contribution in [2.45, 2.75) is 27.0 Å². The Morgan fingerprint density at radius 3 is 2.36 bits per heavy atom. The van der Waals surface area contributed by atoms with Crippen molar-refractivity contribution in [1.29, 1.82) is 0 Å². The minimum Gasteiger partial charge on any atom is -0.489 e. The highest BCUT2D eigenvalue weighted by molar-refractivity contribution is 5.85. The van der Waals surface area contributed by atoms with Crippen LogP contribution in [-0.4, -0.2) is 0 Å². The van der Waals surface area contributed by atoms with Crippen LogP contribution in [0.1, 0.15) is 22.3 Å². The van der Waals surface area contributed by atoms with E-state index in [4.69, 9.17) is 4.74 Å². The molecule has 0 fully saturated rings. The first-order valence-corrected chi connectivity index (χ1v) is 9.70. The van der Waals surface area contributed by atoms with Gasteiger partial charge in [0.2, 0.25) is 0 Å². The van der Waals surface area contributed by atoms with Crippen LogP contribution in [0.2, 0.25) is 0 Å². The molecule has 0 atom stereocenters. The molecule has 0 radical (unpaired) electrons. The minimum atomic E-state index is 0.557. The zero-order valence-electron chi connectivity index (χ0n) is 16.4. The fourth-order valence-electron chi connectivity index (χ4n) is 3.50. The molecule has 0 amide bonds. The topological polar surface area (TPSA) is 21.3 Å². The lowest BCUT2D eigenvalue weighted by atomic mass is 10.1. The number of anilines is 1. The SMILES string of the molecule is Cc1cccc(NCc2ccccc2OCc2cccc3ccccc23)c1C. The first kappa shape index (κ1) is 18.1. The van der Waals surface area contributed by atoms with E-state index >= 15 is 0 Å². The van der Waals surface area contributed by atoms with Crippen LogP contribution in [0.3, 0.4) is 0 Å². The molecule has 0 unspecified atom stereocenters. The van der Waals surface area contributed by atoms with Crippen LogP contribution in [-0.2, 0) is 13.2 Å². The van der Waals surface area contributed by atoms with E-state index in [1.54, 1.807) is 0 Å². The van der Waals surface area contributed by atoms with Gasteiger partial charge in [-0.25, -0.2) is 0 Å². The zero-order chi connectivity index (χ0) is 19.3. The second-order valence-corrected chi connectivity index (χ2v) is 7.14. The van der Waals surface area contributed by atoms with Crippen molar-refractivity contribution in [1.82, 2.24) is 0 Å². The second kappa shape index (κ2) is 8.18. The normalized spacial score (nSPS) is 10.8. The quantitative estimate of drug-likeness (QED) is 0.412. The van der Waals surface area contributed by atoms with Gasteiger partial charge in [-0.3, -0.25) is 0 Å². The van der Waals surface area contributed by atoms with E-state index in [1.165, 1.54) is 33.2 Å². The van der Waals surface area contributed by atoms with Crippen LogP contribution in [0.5, 0.6) is 5.75 Å². The number of fused-ring (bicyclic) bond motifs is 1. The molecule has 4 aromatic rings. The Morgan fingerprint density at radius 1 is 0.714 bits per heavy atom. The van der Waals surface area contributed by atoms with Crippen LogP contribution < -0.4 is 10.1 Å². The van der Waals surface area contributed by atoms with Crippen molar-refractivity contribution in [3.05, 3.63) is 107 Å². The molecule has 0 aromatic heterocycles. The van der Waals surface area contributed by atoms with E-state index < -0.39 is 0 Å². The summed E-state index contributed by atoms with van der Waals surface area (Å²) in [6.07, 6.45) is 0. The van der Waals surface area contributed by atoms with Crippen LogP contribution in [0.4, 0.5) is 5.69 Å². The van der Waals surface area contributed by atoms with E-state index in [2.05, 4.69) is 92.0 Å². The smallest absolute Gasteiger partial charge is 0.124 e. The number of hydrogen-bond donors (Lipinski definition) is 1. The third kappa shape index (κ3) is 3.86. The van der Waals surface area contributed by atoms with Crippen molar-refractivity contribution < 1.29 is 4.74 Å². The molecule has 0 spiro atoms. The Bertz CT molecular complexity index is 1100. The van der Waals surface area contributed by atoms with Crippen LogP contribution in [0.25, 0.3) is 10.8 Å². The molecule has 4 rings (SSSR count). The summed E-state index contributed by atoms with van der Waals surface area (Å²) >= 11 is 0. The third-order valence-electron chi connectivity index (χ3n) is 5.31. The van der Waals surface area contributed by atoms with E-state index in [1.807, 2.05) is 12.1 Å². The highest BCUT2D eigenvalue weighted by Gasteiger charge is 2.07. The van der Waals surface area contributed by atoms with Gasteiger partial charge in [0.05, 0.1) is 0 Å². The van der Waals surface area contributed by atoms with Crippen molar-refractivity contribution in [3.8, 4) is 5.75 Å². The summed E-state index contributed by atoms with van der Waals surface area (Å²) in [4.78, 5) is 0. The second-order valence-electron chi connectivity index (χ2n) is 7.14. The molecule has 0 aliphatic heterocycles. The summed E-state index contributed by atoms with van der Waals surface area (Å²) < 4.78 is 6.23. The van der Waals surface area contributed by atoms with Crippen molar-refractivity contribution in [3.63, 3.8) is 0 Å². The maximum atomic E-state index is 6.23. The molecule has 2 nitrogen and oxygen atoms in total. The number of rotatable bonds is 6. The van der Waals surface area contributed by atoms with E-state index in [0.717, 1.165) is 17.9 Å². The summed E-state index contributed by atoms with van der Waals surface area (Å²) in [6, 6.07) is 29.4. The Hall–Kier alpha value is -3.26. The molecular weight excluding hydrogens is 342 g/mol. The van der Waals surface area contributed by atoms with Crippen LogP contribution >= 0.6 is 0 Å². The van der Waals surface area contributed by atoms with Gasteiger partial charge in [0.25, 0.3) is 0 Å². The predicted molar refractivity (Wildman–Crippen MR) is 118 cm³/mol. The molecule has 2 heteroatoms. The fraction of sp³-hybridized carbons (Fsp3) is 0.154. The van der Waals surface area contributed by atoms with Gasteiger partial charge in [-0.1, -0.05) is 72.8 Å². The highest BCUT2D eigenvalue weighted by atomic mass is 16.5. The average Bonchev–Trinajstić information content (AvgIpc) is 2.74. The molecule has 1 N–H and O–H groups in total. The summed E-state index contributed by atoms with van der Waals surface area (Å²) in [5.74, 6) is 0.924. The van der Waals surface area contributed by atoms with Crippen LogP contribution in [0, 0.1) is 13.8 Å². The maximum absolute atomic E-state index is 6.23.